The van der Waals surface area contributed by atoms with Gasteiger partial charge in [0.15, 0.2) is 0 Å². The average molecular weight is 220 g/mol. The van der Waals surface area contributed by atoms with E-state index in [2.05, 4.69) is 4.74 Å². The van der Waals surface area contributed by atoms with Gasteiger partial charge < -0.3 is 14.6 Å². The molecule has 0 bridgehead atoms. The molecule has 5 nitrogen and oxygen atoms in total. The number of aliphatic hydroxyl groups is 1. The Morgan fingerprint density at radius 3 is 2.38 bits per heavy atom. The van der Waals surface area contributed by atoms with Crippen molar-refractivity contribution in [3.8, 4) is 0 Å². The molecule has 0 saturated heterocycles. The Hall–Kier alpha value is -2.30. The van der Waals surface area contributed by atoms with E-state index in [1.807, 2.05) is 18.2 Å². The van der Waals surface area contributed by atoms with Crippen LogP contribution < -0.4 is 0 Å². The number of rotatable bonds is 3. The molecule has 0 atom stereocenters. The number of carbonyl (C=O) groups is 2. The Labute approximate surface area is 90.9 Å². The van der Waals surface area contributed by atoms with Crippen LogP contribution >= 0.6 is 0 Å². The fourth-order valence-electron chi connectivity index (χ4n) is 1.23. The molecule has 0 fully saturated rings. The molecule has 1 N–H and O–H groups in total. The lowest BCUT2D eigenvalue weighted by atomic mass is 10.2. The SMILES string of the molecule is O=C1OC(=O)C(OCc2ccccc2)=C1O. The summed E-state index contributed by atoms with van der Waals surface area (Å²) in [5.41, 5.74) is 0.815. The van der Waals surface area contributed by atoms with Gasteiger partial charge >= 0.3 is 11.9 Å². The molecule has 0 radical (unpaired) electrons. The topological polar surface area (TPSA) is 72.8 Å². The minimum atomic E-state index is -1.08. The van der Waals surface area contributed by atoms with Crippen LogP contribution in [0.2, 0.25) is 0 Å². The number of hydrogen-bond donors (Lipinski definition) is 1. The Balaban J connectivity index is 2.06. The third kappa shape index (κ3) is 1.88. The van der Waals surface area contributed by atoms with Gasteiger partial charge in [-0.05, 0) is 5.56 Å². The van der Waals surface area contributed by atoms with Gasteiger partial charge in [0.1, 0.15) is 6.61 Å². The van der Waals surface area contributed by atoms with Gasteiger partial charge in [-0.1, -0.05) is 30.3 Å². The number of carbonyl (C=O) groups excluding carboxylic acids is 2. The monoisotopic (exact) mass is 220 g/mol. The van der Waals surface area contributed by atoms with E-state index in [-0.39, 0.29) is 6.61 Å². The highest BCUT2D eigenvalue weighted by atomic mass is 16.6. The summed E-state index contributed by atoms with van der Waals surface area (Å²) >= 11 is 0. The lowest BCUT2D eigenvalue weighted by Gasteiger charge is -2.03. The summed E-state index contributed by atoms with van der Waals surface area (Å²) in [6.45, 7) is 0.0859. The number of esters is 2. The summed E-state index contributed by atoms with van der Waals surface area (Å²) < 4.78 is 9.17. The van der Waals surface area contributed by atoms with Crippen molar-refractivity contribution in [2.45, 2.75) is 6.61 Å². The third-order valence-corrected chi connectivity index (χ3v) is 2.01. The summed E-state index contributed by atoms with van der Waals surface area (Å²) in [6, 6.07) is 9.04. The fourth-order valence-corrected chi connectivity index (χ4v) is 1.23. The molecule has 0 amide bonds. The zero-order valence-electron chi connectivity index (χ0n) is 8.17. The Morgan fingerprint density at radius 2 is 1.81 bits per heavy atom. The van der Waals surface area contributed by atoms with Gasteiger partial charge in [0.25, 0.3) is 11.5 Å². The lowest BCUT2D eigenvalue weighted by Crippen LogP contribution is -2.04. The van der Waals surface area contributed by atoms with Gasteiger partial charge in [-0.25, -0.2) is 9.59 Å². The number of aliphatic hydroxyl groups excluding tert-OH is 1. The quantitative estimate of drug-likeness (QED) is 0.609. The van der Waals surface area contributed by atoms with Crippen LogP contribution in [0.25, 0.3) is 0 Å². The summed E-state index contributed by atoms with van der Waals surface area (Å²) in [6.07, 6.45) is 0. The van der Waals surface area contributed by atoms with E-state index in [9.17, 15) is 9.59 Å². The van der Waals surface area contributed by atoms with E-state index in [1.165, 1.54) is 0 Å². The average Bonchev–Trinajstić information content (AvgIpc) is 2.53. The summed E-state index contributed by atoms with van der Waals surface area (Å²) in [7, 11) is 0. The van der Waals surface area contributed by atoms with Crippen LogP contribution in [0.3, 0.4) is 0 Å². The van der Waals surface area contributed by atoms with Gasteiger partial charge in [-0.15, -0.1) is 0 Å². The second-order valence-corrected chi connectivity index (χ2v) is 3.13. The molecule has 5 heteroatoms. The van der Waals surface area contributed by atoms with Crippen LogP contribution in [0.15, 0.2) is 41.9 Å². The molecule has 0 aromatic heterocycles. The lowest BCUT2D eigenvalue weighted by molar-refractivity contribution is -0.153. The normalized spacial score (nSPS) is 15.2. The first-order chi connectivity index (χ1) is 7.68. The van der Waals surface area contributed by atoms with Crippen LogP contribution in [-0.4, -0.2) is 17.0 Å². The van der Waals surface area contributed by atoms with Crippen molar-refractivity contribution < 1.29 is 24.2 Å². The number of hydrogen-bond acceptors (Lipinski definition) is 5. The summed E-state index contributed by atoms with van der Waals surface area (Å²) in [5.74, 6) is -3.25. The van der Waals surface area contributed by atoms with Crippen LogP contribution in [0.1, 0.15) is 5.56 Å². The smallest absolute Gasteiger partial charge is 0.385 e. The molecule has 0 unspecified atom stereocenters. The molecule has 0 aliphatic carbocycles. The third-order valence-electron chi connectivity index (χ3n) is 2.01. The minimum absolute atomic E-state index is 0.0859. The second-order valence-electron chi connectivity index (χ2n) is 3.13. The highest BCUT2D eigenvalue weighted by Crippen LogP contribution is 2.17. The van der Waals surface area contributed by atoms with Crippen molar-refractivity contribution in [2.75, 3.05) is 0 Å². The maximum absolute atomic E-state index is 11.0. The Kier molecular flexibility index (Phi) is 2.59. The van der Waals surface area contributed by atoms with Crippen molar-refractivity contribution in [1.82, 2.24) is 0 Å². The molecular formula is C11H8O5. The molecule has 1 aliphatic rings. The maximum Gasteiger partial charge on any atom is 0.385 e. The molecule has 82 valence electrons. The highest BCUT2D eigenvalue weighted by molar-refractivity contribution is 6.09. The van der Waals surface area contributed by atoms with Gasteiger partial charge in [-0.2, -0.15) is 0 Å². The van der Waals surface area contributed by atoms with E-state index in [0.29, 0.717) is 0 Å². The second kappa shape index (κ2) is 4.06. The first-order valence-corrected chi connectivity index (χ1v) is 4.55. The Bertz CT molecular complexity index is 461. The van der Waals surface area contributed by atoms with Crippen molar-refractivity contribution in [3.05, 3.63) is 47.4 Å². The molecule has 1 heterocycles. The van der Waals surface area contributed by atoms with Crippen LogP contribution in [0.4, 0.5) is 0 Å². The van der Waals surface area contributed by atoms with Crippen molar-refractivity contribution >= 4 is 11.9 Å². The predicted molar refractivity (Wildman–Crippen MR) is 52.0 cm³/mol. The van der Waals surface area contributed by atoms with E-state index >= 15 is 0 Å². The first-order valence-electron chi connectivity index (χ1n) is 4.55. The standard InChI is InChI=1S/C11H8O5/c12-8-9(11(14)16-10(8)13)15-6-7-4-2-1-3-5-7/h1-5,12H,6H2. The zero-order chi connectivity index (χ0) is 11.5. The number of ether oxygens (including phenoxy) is 2. The maximum atomic E-state index is 11.0. The Morgan fingerprint density at radius 1 is 1.12 bits per heavy atom. The van der Waals surface area contributed by atoms with Gasteiger partial charge in [-0.3, -0.25) is 0 Å². The van der Waals surface area contributed by atoms with Crippen LogP contribution in [-0.2, 0) is 25.7 Å². The molecular weight excluding hydrogens is 212 g/mol. The van der Waals surface area contributed by atoms with Gasteiger partial charge in [0.05, 0.1) is 0 Å². The number of benzene rings is 1. The summed E-state index contributed by atoms with van der Waals surface area (Å²) in [5, 5.41) is 9.17. The van der Waals surface area contributed by atoms with E-state index < -0.39 is 23.5 Å². The molecule has 1 aliphatic heterocycles. The molecule has 1 aromatic rings. The van der Waals surface area contributed by atoms with Gasteiger partial charge in [0.2, 0.25) is 0 Å². The van der Waals surface area contributed by atoms with Crippen molar-refractivity contribution in [2.24, 2.45) is 0 Å². The first kappa shape index (κ1) is 10.2. The predicted octanol–water partition coefficient (Wildman–Crippen LogP) is 1.06. The highest BCUT2D eigenvalue weighted by Gasteiger charge is 2.35. The molecule has 16 heavy (non-hydrogen) atoms. The van der Waals surface area contributed by atoms with E-state index in [1.54, 1.807) is 12.1 Å². The number of cyclic esters (lactones) is 2. The van der Waals surface area contributed by atoms with Crippen molar-refractivity contribution in [3.63, 3.8) is 0 Å². The minimum Gasteiger partial charge on any atom is -0.499 e. The summed E-state index contributed by atoms with van der Waals surface area (Å²) in [4.78, 5) is 21.8. The molecule has 1 aromatic carbocycles. The van der Waals surface area contributed by atoms with E-state index in [0.717, 1.165) is 5.56 Å². The zero-order valence-corrected chi connectivity index (χ0v) is 8.17. The van der Waals surface area contributed by atoms with Crippen LogP contribution in [0.5, 0.6) is 0 Å². The molecule has 0 saturated carbocycles. The largest absolute Gasteiger partial charge is 0.499 e. The van der Waals surface area contributed by atoms with Gasteiger partial charge in [0, 0.05) is 0 Å². The molecule has 0 spiro atoms. The molecule has 2 rings (SSSR count). The van der Waals surface area contributed by atoms with Crippen LogP contribution in [0, 0.1) is 0 Å². The van der Waals surface area contributed by atoms with E-state index in [4.69, 9.17) is 9.84 Å². The van der Waals surface area contributed by atoms with Crippen molar-refractivity contribution in [1.29, 1.82) is 0 Å². The fraction of sp³-hybridized carbons (Fsp3) is 0.0909.